The lowest BCUT2D eigenvalue weighted by atomic mass is 10.0. The number of phenolic OH excluding ortho intramolecular Hbond substituents is 1. The molecule has 1 heterocycles. The van der Waals surface area contributed by atoms with Crippen molar-refractivity contribution in [1.29, 1.82) is 0 Å². The van der Waals surface area contributed by atoms with Crippen LogP contribution >= 0.6 is 0 Å². The van der Waals surface area contributed by atoms with Crippen LogP contribution in [0.1, 0.15) is 5.56 Å². The highest BCUT2D eigenvalue weighted by Crippen LogP contribution is 2.37. The first-order valence-electron chi connectivity index (χ1n) is 7.01. The summed E-state index contributed by atoms with van der Waals surface area (Å²) in [5.41, 5.74) is 2.76. The Balaban J connectivity index is 1.87. The van der Waals surface area contributed by atoms with Crippen molar-refractivity contribution in [2.24, 2.45) is 4.99 Å². The lowest BCUT2D eigenvalue weighted by Gasteiger charge is -2.19. The van der Waals surface area contributed by atoms with E-state index in [1.54, 1.807) is 12.1 Å². The molecule has 0 spiro atoms. The topological polar surface area (TPSA) is 53.8 Å². The Hall–Kier alpha value is -3.01. The molecule has 1 aliphatic rings. The van der Waals surface area contributed by atoms with E-state index in [1.165, 1.54) is 7.11 Å². The Morgan fingerprint density at radius 1 is 1.05 bits per heavy atom. The standard InChI is InChI=1S/C18H14N2O2/c1-22-16-9-8-12(10-15(16)21)18-19-13-6-2-4-11-5-3-7-14(20-18)17(11)13/h2-10,21H,1H3,(H,19,20). The summed E-state index contributed by atoms with van der Waals surface area (Å²) < 4.78 is 5.08. The van der Waals surface area contributed by atoms with Crippen LogP contribution in [0.15, 0.2) is 59.6 Å². The van der Waals surface area contributed by atoms with Crippen LogP contribution in [0.5, 0.6) is 11.5 Å². The quantitative estimate of drug-likeness (QED) is 0.748. The third-order valence-electron chi connectivity index (χ3n) is 3.82. The molecular weight excluding hydrogens is 276 g/mol. The first-order valence-corrected chi connectivity index (χ1v) is 7.01. The van der Waals surface area contributed by atoms with Crippen LogP contribution < -0.4 is 10.1 Å². The lowest BCUT2D eigenvalue weighted by Crippen LogP contribution is -2.16. The molecule has 22 heavy (non-hydrogen) atoms. The van der Waals surface area contributed by atoms with Gasteiger partial charge in [-0.05, 0) is 35.7 Å². The van der Waals surface area contributed by atoms with Gasteiger partial charge in [-0.25, -0.2) is 4.99 Å². The zero-order valence-electron chi connectivity index (χ0n) is 12.0. The predicted octanol–water partition coefficient (Wildman–Crippen LogP) is 4.06. The fourth-order valence-electron chi connectivity index (χ4n) is 2.77. The Labute approximate surface area is 127 Å². The van der Waals surface area contributed by atoms with E-state index in [0.717, 1.165) is 27.7 Å². The molecule has 1 aliphatic heterocycles. The predicted molar refractivity (Wildman–Crippen MR) is 88.4 cm³/mol. The van der Waals surface area contributed by atoms with Crippen molar-refractivity contribution in [1.82, 2.24) is 0 Å². The van der Waals surface area contributed by atoms with E-state index in [9.17, 15) is 5.11 Å². The average molecular weight is 290 g/mol. The Kier molecular flexibility index (Phi) is 2.76. The molecule has 0 radical (unpaired) electrons. The van der Waals surface area contributed by atoms with Crippen LogP contribution in [0.2, 0.25) is 0 Å². The van der Waals surface area contributed by atoms with E-state index < -0.39 is 0 Å². The molecule has 0 aromatic heterocycles. The van der Waals surface area contributed by atoms with Gasteiger partial charge in [-0.15, -0.1) is 0 Å². The SMILES string of the molecule is COc1ccc(C2=Nc3cccc4cccc(c34)N2)cc1O. The van der Waals surface area contributed by atoms with Gasteiger partial charge < -0.3 is 15.2 Å². The van der Waals surface area contributed by atoms with Crippen LogP contribution in [0.3, 0.4) is 0 Å². The van der Waals surface area contributed by atoms with Gasteiger partial charge in [-0.1, -0.05) is 24.3 Å². The van der Waals surface area contributed by atoms with E-state index in [1.807, 2.05) is 30.3 Å². The second-order valence-corrected chi connectivity index (χ2v) is 5.15. The minimum Gasteiger partial charge on any atom is -0.504 e. The van der Waals surface area contributed by atoms with Crippen molar-refractivity contribution >= 4 is 28.0 Å². The number of nitrogens with zero attached hydrogens (tertiary/aromatic N) is 1. The number of hydrogen-bond donors (Lipinski definition) is 2. The second kappa shape index (κ2) is 4.77. The van der Waals surface area contributed by atoms with Crippen molar-refractivity contribution in [2.45, 2.75) is 0 Å². The van der Waals surface area contributed by atoms with Crippen LogP contribution in [-0.2, 0) is 0 Å². The third-order valence-corrected chi connectivity index (χ3v) is 3.82. The summed E-state index contributed by atoms with van der Waals surface area (Å²) in [6.07, 6.45) is 0. The fraction of sp³-hybridized carbons (Fsp3) is 0.0556. The fourth-order valence-corrected chi connectivity index (χ4v) is 2.77. The Bertz CT molecular complexity index is 911. The number of methoxy groups -OCH3 is 1. The van der Waals surface area contributed by atoms with Gasteiger partial charge in [0.1, 0.15) is 5.84 Å². The van der Waals surface area contributed by atoms with E-state index in [2.05, 4.69) is 22.4 Å². The van der Waals surface area contributed by atoms with E-state index in [-0.39, 0.29) is 5.75 Å². The van der Waals surface area contributed by atoms with Gasteiger partial charge in [0, 0.05) is 16.6 Å². The van der Waals surface area contributed by atoms with Crippen molar-refractivity contribution in [2.75, 3.05) is 12.4 Å². The smallest absolute Gasteiger partial charge is 0.160 e. The Morgan fingerprint density at radius 3 is 2.64 bits per heavy atom. The van der Waals surface area contributed by atoms with Gasteiger partial charge in [0.25, 0.3) is 0 Å². The minimum absolute atomic E-state index is 0.0987. The molecule has 4 rings (SSSR count). The number of ether oxygens (including phenoxy) is 1. The average Bonchev–Trinajstić information content (AvgIpc) is 2.55. The summed E-state index contributed by atoms with van der Waals surface area (Å²) in [6, 6.07) is 17.4. The molecule has 4 nitrogen and oxygen atoms in total. The summed E-state index contributed by atoms with van der Waals surface area (Å²) in [7, 11) is 1.53. The van der Waals surface area contributed by atoms with Gasteiger partial charge in [0.05, 0.1) is 12.8 Å². The third kappa shape index (κ3) is 1.89. The highest BCUT2D eigenvalue weighted by molar-refractivity contribution is 6.19. The van der Waals surface area contributed by atoms with Gasteiger partial charge >= 0.3 is 0 Å². The lowest BCUT2D eigenvalue weighted by molar-refractivity contribution is 0.373. The number of amidine groups is 1. The van der Waals surface area contributed by atoms with Crippen LogP contribution in [-0.4, -0.2) is 18.1 Å². The molecule has 0 atom stereocenters. The minimum atomic E-state index is 0.0987. The summed E-state index contributed by atoms with van der Waals surface area (Å²) in [5, 5.41) is 15.6. The largest absolute Gasteiger partial charge is 0.504 e. The highest BCUT2D eigenvalue weighted by Gasteiger charge is 2.16. The van der Waals surface area contributed by atoms with Crippen molar-refractivity contribution in [3.63, 3.8) is 0 Å². The number of aromatic hydroxyl groups is 1. The number of anilines is 1. The molecule has 108 valence electrons. The first kappa shape index (κ1) is 12.7. The van der Waals surface area contributed by atoms with Crippen LogP contribution in [0.25, 0.3) is 10.8 Å². The van der Waals surface area contributed by atoms with Gasteiger partial charge in [0.15, 0.2) is 11.5 Å². The Morgan fingerprint density at radius 2 is 1.86 bits per heavy atom. The molecule has 0 bridgehead atoms. The molecule has 3 aromatic carbocycles. The summed E-state index contributed by atoms with van der Waals surface area (Å²) >= 11 is 0. The maximum Gasteiger partial charge on any atom is 0.160 e. The van der Waals surface area contributed by atoms with Crippen molar-refractivity contribution in [3.05, 3.63) is 60.2 Å². The molecule has 3 aromatic rings. The summed E-state index contributed by atoms with van der Waals surface area (Å²) in [4.78, 5) is 4.68. The van der Waals surface area contributed by atoms with Gasteiger partial charge in [0.2, 0.25) is 0 Å². The molecule has 0 aliphatic carbocycles. The molecule has 0 saturated heterocycles. The van der Waals surface area contributed by atoms with Gasteiger partial charge in [-0.3, -0.25) is 0 Å². The number of phenols is 1. The molecule has 0 unspecified atom stereocenters. The van der Waals surface area contributed by atoms with Crippen molar-refractivity contribution < 1.29 is 9.84 Å². The summed E-state index contributed by atoms with van der Waals surface area (Å²) in [6.45, 7) is 0. The normalized spacial score (nSPS) is 12.7. The number of hydrogen-bond acceptors (Lipinski definition) is 4. The molecular formula is C18H14N2O2. The van der Waals surface area contributed by atoms with E-state index >= 15 is 0 Å². The van der Waals surface area contributed by atoms with Crippen LogP contribution in [0.4, 0.5) is 11.4 Å². The monoisotopic (exact) mass is 290 g/mol. The summed E-state index contributed by atoms with van der Waals surface area (Å²) in [5.74, 6) is 1.26. The maximum absolute atomic E-state index is 9.96. The number of nitrogens with one attached hydrogen (secondary N) is 1. The van der Waals surface area contributed by atoms with Crippen LogP contribution in [0, 0.1) is 0 Å². The molecule has 0 fully saturated rings. The maximum atomic E-state index is 9.96. The van der Waals surface area contributed by atoms with E-state index in [0.29, 0.717) is 11.6 Å². The first-order chi connectivity index (χ1) is 10.8. The zero-order chi connectivity index (χ0) is 15.1. The number of aliphatic imine (C=N–C) groups is 1. The molecule has 0 saturated carbocycles. The van der Waals surface area contributed by atoms with Gasteiger partial charge in [-0.2, -0.15) is 0 Å². The molecule has 2 N–H and O–H groups in total. The van der Waals surface area contributed by atoms with E-state index in [4.69, 9.17) is 4.74 Å². The second-order valence-electron chi connectivity index (χ2n) is 5.15. The number of benzene rings is 3. The van der Waals surface area contributed by atoms with Crippen molar-refractivity contribution in [3.8, 4) is 11.5 Å². The zero-order valence-corrected chi connectivity index (χ0v) is 12.0. The number of rotatable bonds is 2. The highest BCUT2D eigenvalue weighted by atomic mass is 16.5. The molecule has 0 amide bonds. The molecule has 4 heteroatoms.